The van der Waals surface area contributed by atoms with Crippen LogP contribution in [0.25, 0.3) is 0 Å². The number of rotatable bonds is 8. The summed E-state index contributed by atoms with van der Waals surface area (Å²) in [5.74, 6) is 1.31. The second-order valence-electron chi connectivity index (χ2n) is 5.79. The first-order chi connectivity index (χ1) is 8.89. The third kappa shape index (κ3) is 7.01. The first-order valence-electron chi connectivity index (χ1n) is 6.90. The summed E-state index contributed by atoms with van der Waals surface area (Å²) < 4.78 is 5.16. The Bertz CT molecular complexity index is 369. The molecule has 0 fully saturated rings. The van der Waals surface area contributed by atoms with Gasteiger partial charge in [0.15, 0.2) is 0 Å². The highest BCUT2D eigenvalue weighted by Gasteiger charge is 2.21. The number of nitrogens with one attached hydrogen (secondary N) is 1. The molecular formula is C15H25NO3. The van der Waals surface area contributed by atoms with E-state index in [2.05, 4.69) is 19.2 Å². The van der Waals surface area contributed by atoms with Gasteiger partial charge >= 0.3 is 0 Å². The highest BCUT2D eigenvalue weighted by molar-refractivity contribution is 5.76. The van der Waals surface area contributed by atoms with Gasteiger partial charge in [0.05, 0.1) is 11.9 Å². The second kappa shape index (κ2) is 7.34. The standard InChI is InChI=1S/C15H25NO3/c1-12(2)8-9-15(3,18)11-16-14(17)7-6-13-5-4-10-19-13/h4-5,10,12,18H,6-9,11H2,1-3H3,(H,16,17). The maximum absolute atomic E-state index is 11.7. The summed E-state index contributed by atoms with van der Waals surface area (Å²) in [6.45, 7) is 6.31. The predicted octanol–water partition coefficient (Wildman–Crippen LogP) is 2.52. The van der Waals surface area contributed by atoms with E-state index in [1.165, 1.54) is 0 Å². The summed E-state index contributed by atoms with van der Waals surface area (Å²) in [7, 11) is 0. The molecule has 2 N–H and O–H groups in total. The third-order valence-electron chi connectivity index (χ3n) is 3.11. The van der Waals surface area contributed by atoms with Crippen LogP contribution in [-0.4, -0.2) is 23.2 Å². The lowest BCUT2D eigenvalue weighted by molar-refractivity contribution is -0.122. The number of hydrogen-bond acceptors (Lipinski definition) is 3. The Hall–Kier alpha value is -1.29. The number of aryl methyl sites for hydroxylation is 1. The lowest BCUT2D eigenvalue weighted by Crippen LogP contribution is -2.40. The smallest absolute Gasteiger partial charge is 0.220 e. The quantitative estimate of drug-likeness (QED) is 0.760. The van der Waals surface area contributed by atoms with Crippen LogP contribution in [0.2, 0.25) is 0 Å². The van der Waals surface area contributed by atoms with Crippen molar-refractivity contribution in [3.8, 4) is 0 Å². The molecule has 0 bridgehead atoms. The predicted molar refractivity (Wildman–Crippen MR) is 74.7 cm³/mol. The van der Waals surface area contributed by atoms with E-state index >= 15 is 0 Å². The topological polar surface area (TPSA) is 62.5 Å². The molecule has 19 heavy (non-hydrogen) atoms. The number of carbonyl (C=O) groups excluding carboxylic acids is 1. The molecule has 0 aliphatic heterocycles. The molecule has 0 aliphatic rings. The molecule has 1 atom stereocenters. The zero-order valence-electron chi connectivity index (χ0n) is 12.1. The lowest BCUT2D eigenvalue weighted by atomic mass is 9.95. The van der Waals surface area contributed by atoms with Crippen LogP contribution in [0.5, 0.6) is 0 Å². The molecule has 0 saturated heterocycles. The number of hydrogen-bond donors (Lipinski definition) is 2. The van der Waals surface area contributed by atoms with Crippen LogP contribution in [0.3, 0.4) is 0 Å². The van der Waals surface area contributed by atoms with Crippen LogP contribution in [0.1, 0.15) is 45.8 Å². The average molecular weight is 267 g/mol. The van der Waals surface area contributed by atoms with Crippen LogP contribution in [-0.2, 0) is 11.2 Å². The van der Waals surface area contributed by atoms with Gasteiger partial charge in [0, 0.05) is 19.4 Å². The fraction of sp³-hybridized carbons (Fsp3) is 0.667. The molecule has 0 spiro atoms. The van der Waals surface area contributed by atoms with Crippen molar-refractivity contribution in [2.24, 2.45) is 5.92 Å². The Labute approximate surface area is 115 Å². The molecule has 0 radical (unpaired) electrons. The third-order valence-corrected chi connectivity index (χ3v) is 3.11. The summed E-state index contributed by atoms with van der Waals surface area (Å²) in [4.78, 5) is 11.7. The Morgan fingerprint density at radius 3 is 2.84 bits per heavy atom. The minimum Gasteiger partial charge on any atom is -0.469 e. The van der Waals surface area contributed by atoms with Crippen LogP contribution in [0, 0.1) is 5.92 Å². The molecule has 1 unspecified atom stereocenters. The molecule has 1 rings (SSSR count). The molecule has 1 amide bonds. The largest absolute Gasteiger partial charge is 0.469 e. The van der Waals surface area contributed by atoms with E-state index in [4.69, 9.17) is 4.42 Å². The highest BCUT2D eigenvalue weighted by Crippen LogP contribution is 2.15. The van der Waals surface area contributed by atoms with Gasteiger partial charge in [-0.25, -0.2) is 0 Å². The van der Waals surface area contributed by atoms with Crippen molar-refractivity contribution in [2.75, 3.05) is 6.54 Å². The number of furan rings is 1. The highest BCUT2D eigenvalue weighted by atomic mass is 16.3. The SMILES string of the molecule is CC(C)CCC(C)(O)CNC(=O)CCc1ccco1. The van der Waals surface area contributed by atoms with Crippen molar-refractivity contribution >= 4 is 5.91 Å². The Morgan fingerprint density at radius 1 is 1.53 bits per heavy atom. The molecule has 4 nitrogen and oxygen atoms in total. The fourth-order valence-electron chi connectivity index (χ4n) is 1.76. The van der Waals surface area contributed by atoms with Crippen molar-refractivity contribution < 1.29 is 14.3 Å². The minimum absolute atomic E-state index is 0.0544. The van der Waals surface area contributed by atoms with Gasteiger partial charge in [-0.05, 0) is 37.8 Å². The molecule has 1 heterocycles. The van der Waals surface area contributed by atoms with E-state index in [0.29, 0.717) is 31.7 Å². The molecule has 108 valence electrons. The van der Waals surface area contributed by atoms with E-state index in [-0.39, 0.29) is 5.91 Å². The Morgan fingerprint density at radius 2 is 2.26 bits per heavy atom. The molecular weight excluding hydrogens is 242 g/mol. The molecule has 0 aliphatic carbocycles. The van der Waals surface area contributed by atoms with Gasteiger partial charge in [-0.1, -0.05) is 13.8 Å². The van der Waals surface area contributed by atoms with Crippen molar-refractivity contribution in [3.05, 3.63) is 24.2 Å². The summed E-state index contributed by atoms with van der Waals surface area (Å²) in [5.41, 5.74) is -0.829. The van der Waals surface area contributed by atoms with Crippen LogP contribution in [0.15, 0.2) is 22.8 Å². The molecule has 0 aromatic carbocycles. The number of amides is 1. The van der Waals surface area contributed by atoms with E-state index in [1.54, 1.807) is 13.2 Å². The molecule has 0 saturated carbocycles. The van der Waals surface area contributed by atoms with E-state index in [9.17, 15) is 9.90 Å². The Balaban J connectivity index is 2.21. The van der Waals surface area contributed by atoms with E-state index in [1.807, 2.05) is 12.1 Å². The van der Waals surface area contributed by atoms with Crippen molar-refractivity contribution in [3.63, 3.8) is 0 Å². The fourth-order valence-corrected chi connectivity index (χ4v) is 1.76. The first kappa shape index (κ1) is 15.8. The molecule has 4 heteroatoms. The maximum atomic E-state index is 11.7. The minimum atomic E-state index is -0.829. The zero-order valence-corrected chi connectivity index (χ0v) is 12.1. The van der Waals surface area contributed by atoms with Gasteiger partial charge in [0.1, 0.15) is 5.76 Å². The first-order valence-corrected chi connectivity index (χ1v) is 6.90. The van der Waals surface area contributed by atoms with Gasteiger partial charge in [-0.15, -0.1) is 0 Å². The van der Waals surface area contributed by atoms with Crippen LogP contribution < -0.4 is 5.32 Å². The maximum Gasteiger partial charge on any atom is 0.220 e. The zero-order chi connectivity index (χ0) is 14.3. The van der Waals surface area contributed by atoms with Gasteiger partial charge in [0.2, 0.25) is 5.91 Å². The summed E-state index contributed by atoms with van der Waals surface area (Å²) >= 11 is 0. The van der Waals surface area contributed by atoms with E-state index in [0.717, 1.165) is 12.2 Å². The summed E-state index contributed by atoms with van der Waals surface area (Å²) in [6.07, 6.45) is 4.23. The lowest BCUT2D eigenvalue weighted by Gasteiger charge is -2.24. The van der Waals surface area contributed by atoms with E-state index < -0.39 is 5.60 Å². The Kier molecular flexibility index (Phi) is 6.09. The number of aliphatic hydroxyl groups is 1. The van der Waals surface area contributed by atoms with Crippen LogP contribution in [0.4, 0.5) is 0 Å². The summed E-state index contributed by atoms with van der Waals surface area (Å²) in [5, 5.41) is 12.9. The summed E-state index contributed by atoms with van der Waals surface area (Å²) in [6, 6.07) is 3.66. The second-order valence-corrected chi connectivity index (χ2v) is 5.79. The normalized spacial score (nSPS) is 14.4. The molecule has 1 aromatic heterocycles. The van der Waals surface area contributed by atoms with Gasteiger partial charge in [-0.2, -0.15) is 0 Å². The monoisotopic (exact) mass is 267 g/mol. The van der Waals surface area contributed by atoms with Crippen molar-refractivity contribution in [1.29, 1.82) is 0 Å². The van der Waals surface area contributed by atoms with Gasteiger partial charge < -0.3 is 14.8 Å². The number of carbonyl (C=O) groups is 1. The van der Waals surface area contributed by atoms with Crippen molar-refractivity contribution in [1.82, 2.24) is 5.32 Å². The van der Waals surface area contributed by atoms with Crippen molar-refractivity contribution in [2.45, 2.75) is 52.1 Å². The van der Waals surface area contributed by atoms with Gasteiger partial charge in [-0.3, -0.25) is 4.79 Å². The molecule has 1 aromatic rings. The van der Waals surface area contributed by atoms with Crippen LogP contribution >= 0.6 is 0 Å². The average Bonchev–Trinajstić information content (AvgIpc) is 2.85. The van der Waals surface area contributed by atoms with Gasteiger partial charge in [0.25, 0.3) is 0 Å².